The summed E-state index contributed by atoms with van der Waals surface area (Å²) in [6, 6.07) is 7.22. The largest absolute Gasteiger partial charge is 0.388 e. The van der Waals surface area contributed by atoms with Crippen LogP contribution in [0.15, 0.2) is 24.3 Å². The number of aromatic nitrogens is 5. The van der Waals surface area contributed by atoms with E-state index in [1.54, 1.807) is 12.1 Å². The van der Waals surface area contributed by atoms with Crippen molar-refractivity contribution in [3.8, 4) is 11.3 Å². The maximum Gasteiger partial charge on any atom is 0.272 e. The molecule has 2 heterocycles. The Morgan fingerprint density at radius 1 is 1.11 bits per heavy atom. The number of aliphatic hydroxyl groups is 1. The van der Waals surface area contributed by atoms with Crippen LogP contribution in [0.2, 0.25) is 0 Å². The molecular formula is C12H7N5O2. The summed E-state index contributed by atoms with van der Waals surface area (Å²) < 4.78 is 1.29. The lowest BCUT2D eigenvalue weighted by Gasteiger charge is -1.99. The van der Waals surface area contributed by atoms with E-state index >= 15 is 0 Å². The number of carbonyl (C=O) groups excluding carboxylic acids is 1. The maximum absolute atomic E-state index is 12.2. The molecule has 3 aromatic rings. The minimum absolute atomic E-state index is 0.169. The van der Waals surface area contributed by atoms with Gasteiger partial charge in [-0.05, 0) is 0 Å². The topological polar surface area (TPSA) is 93.3 Å². The highest BCUT2D eigenvalue weighted by Crippen LogP contribution is 2.33. The molecule has 92 valence electrons. The second-order valence-corrected chi connectivity index (χ2v) is 4.17. The summed E-state index contributed by atoms with van der Waals surface area (Å²) in [5.41, 5.74) is 2.13. The van der Waals surface area contributed by atoms with Gasteiger partial charge in [0, 0.05) is 11.1 Å². The second-order valence-electron chi connectivity index (χ2n) is 4.17. The molecule has 0 amide bonds. The van der Waals surface area contributed by atoms with Gasteiger partial charge in [0.2, 0.25) is 5.78 Å². The number of aliphatic hydroxyl groups excluding tert-OH is 1. The zero-order valence-electron chi connectivity index (χ0n) is 9.61. The average molecular weight is 253 g/mol. The van der Waals surface area contributed by atoms with Gasteiger partial charge in [-0.15, -0.1) is 10.2 Å². The summed E-state index contributed by atoms with van der Waals surface area (Å²) in [5.74, 6) is 0.360. The molecule has 4 rings (SSSR count). The van der Waals surface area contributed by atoms with Crippen LogP contribution in [0, 0.1) is 0 Å². The molecule has 0 saturated carbocycles. The lowest BCUT2D eigenvalue weighted by molar-refractivity contribution is 0.103. The fourth-order valence-corrected chi connectivity index (χ4v) is 2.23. The number of benzene rings is 1. The Hall–Kier alpha value is -2.67. The van der Waals surface area contributed by atoms with Crippen LogP contribution in [-0.4, -0.2) is 35.7 Å². The lowest BCUT2D eigenvalue weighted by atomic mass is 10.1. The average Bonchev–Trinajstić information content (AvgIpc) is 2.98. The minimum Gasteiger partial charge on any atom is -0.388 e. The van der Waals surface area contributed by atoms with Crippen LogP contribution in [0.4, 0.5) is 0 Å². The molecule has 0 aliphatic heterocycles. The number of rotatable bonds is 1. The summed E-state index contributed by atoms with van der Waals surface area (Å²) in [6.07, 6.45) is 0. The van der Waals surface area contributed by atoms with E-state index in [1.165, 1.54) is 4.52 Å². The Morgan fingerprint density at radius 3 is 2.68 bits per heavy atom. The molecule has 19 heavy (non-hydrogen) atoms. The quantitative estimate of drug-likeness (QED) is 0.521. The Labute approximate surface area is 106 Å². The predicted octanol–water partition coefficient (Wildman–Crippen LogP) is 0.223. The van der Waals surface area contributed by atoms with E-state index in [4.69, 9.17) is 5.11 Å². The Morgan fingerprint density at radius 2 is 1.89 bits per heavy atom. The van der Waals surface area contributed by atoms with E-state index in [2.05, 4.69) is 20.3 Å². The molecule has 0 saturated heterocycles. The van der Waals surface area contributed by atoms with Gasteiger partial charge in [-0.1, -0.05) is 24.3 Å². The Balaban J connectivity index is 2.09. The predicted molar refractivity (Wildman–Crippen MR) is 63.4 cm³/mol. The third kappa shape index (κ3) is 1.22. The van der Waals surface area contributed by atoms with Gasteiger partial charge in [0.15, 0.2) is 11.5 Å². The Bertz CT molecular complexity index is 839. The number of hydrogen-bond donors (Lipinski definition) is 1. The first-order valence-corrected chi connectivity index (χ1v) is 5.67. The lowest BCUT2D eigenvalue weighted by Crippen LogP contribution is -2.07. The van der Waals surface area contributed by atoms with Gasteiger partial charge in [0.05, 0.1) is 0 Å². The first-order chi connectivity index (χ1) is 9.29. The van der Waals surface area contributed by atoms with Gasteiger partial charge in [-0.3, -0.25) is 4.79 Å². The molecule has 7 heteroatoms. The normalized spacial score (nSPS) is 12.8. The molecule has 1 aliphatic rings. The SMILES string of the molecule is O=C1c2ccccc2-c2nc3nnc(CO)n3nc21. The summed E-state index contributed by atoms with van der Waals surface area (Å²) in [7, 11) is 0. The van der Waals surface area contributed by atoms with E-state index in [-0.39, 0.29) is 29.7 Å². The number of carbonyl (C=O) groups is 1. The summed E-state index contributed by atoms with van der Waals surface area (Å²) in [6.45, 7) is -0.310. The van der Waals surface area contributed by atoms with Crippen molar-refractivity contribution < 1.29 is 9.90 Å². The standard InChI is InChI=1S/C12H7N5O2/c18-5-8-14-15-12-13-9-6-3-1-2-4-7(6)11(19)10(9)16-17(8)12/h1-4,18H,5H2. The Kier molecular flexibility index (Phi) is 1.85. The first kappa shape index (κ1) is 10.3. The van der Waals surface area contributed by atoms with Crippen LogP contribution in [-0.2, 0) is 6.61 Å². The van der Waals surface area contributed by atoms with E-state index in [9.17, 15) is 4.79 Å². The molecular weight excluding hydrogens is 246 g/mol. The summed E-state index contributed by atoms with van der Waals surface area (Å²) >= 11 is 0. The van der Waals surface area contributed by atoms with Gasteiger partial charge in [0.25, 0.3) is 5.78 Å². The zero-order valence-corrected chi connectivity index (χ0v) is 9.61. The monoisotopic (exact) mass is 253 g/mol. The van der Waals surface area contributed by atoms with Crippen LogP contribution < -0.4 is 0 Å². The molecule has 0 unspecified atom stereocenters. The highest BCUT2D eigenvalue weighted by Gasteiger charge is 2.30. The van der Waals surface area contributed by atoms with Crippen molar-refractivity contribution in [1.29, 1.82) is 0 Å². The smallest absolute Gasteiger partial charge is 0.272 e. The van der Waals surface area contributed by atoms with Crippen molar-refractivity contribution in [3.63, 3.8) is 0 Å². The van der Waals surface area contributed by atoms with Crippen LogP contribution in [0.3, 0.4) is 0 Å². The van der Waals surface area contributed by atoms with Crippen molar-refractivity contribution >= 4 is 11.6 Å². The summed E-state index contributed by atoms with van der Waals surface area (Å²) in [4.78, 5) is 16.5. The highest BCUT2D eigenvalue weighted by molar-refractivity contribution is 6.19. The van der Waals surface area contributed by atoms with Gasteiger partial charge >= 0.3 is 0 Å². The molecule has 2 aromatic heterocycles. The third-order valence-electron chi connectivity index (χ3n) is 3.11. The highest BCUT2D eigenvalue weighted by atomic mass is 16.3. The number of ketones is 1. The van der Waals surface area contributed by atoms with Gasteiger partial charge < -0.3 is 5.11 Å². The van der Waals surface area contributed by atoms with Crippen LogP contribution in [0.5, 0.6) is 0 Å². The van der Waals surface area contributed by atoms with E-state index in [0.717, 1.165) is 5.56 Å². The molecule has 7 nitrogen and oxygen atoms in total. The fourth-order valence-electron chi connectivity index (χ4n) is 2.23. The molecule has 0 bridgehead atoms. The number of fused-ring (bicyclic) bond motifs is 4. The van der Waals surface area contributed by atoms with Gasteiger partial charge in [0.1, 0.15) is 12.3 Å². The van der Waals surface area contributed by atoms with E-state index < -0.39 is 0 Å². The molecule has 0 atom stereocenters. The van der Waals surface area contributed by atoms with Gasteiger partial charge in [-0.2, -0.15) is 9.61 Å². The number of hydrogen-bond acceptors (Lipinski definition) is 6. The number of nitrogens with zero attached hydrogens (tertiary/aromatic N) is 5. The van der Waals surface area contributed by atoms with Crippen LogP contribution >= 0.6 is 0 Å². The summed E-state index contributed by atoms with van der Waals surface area (Å²) in [5, 5.41) is 20.9. The second kappa shape index (κ2) is 3.42. The molecule has 1 N–H and O–H groups in total. The molecule has 1 aromatic carbocycles. The van der Waals surface area contributed by atoms with Crippen molar-refractivity contribution in [3.05, 3.63) is 41.3 Å². The van der Waals surface area contributed by atoms with Crippen molar-refractivity contribution in [2.45, 2.75) is 6.61 Å². The van der Waals surface area contributed by atoms with Crippen molar-refractivity contribution in [1.82, 2.24) is 24.8 Å². The van der Waals surface area contributed by atoms with Crippen LogP contribution in [0.1, 0.15) is 21.9 Å². The minimum atomic E-state index is -0.310. The fraction of sp³-hybridized carbons (Fsp3) is 0.0833. The van der Waals surface area contributed by atoms with E-state index in [1.807, 2.05) is 12.1 Å². The molecule has 1 aliphatic carbocycles. The van der Waals surface area contributed by atoms with Crippen molar-refractivity contribution in [2.24, 2.45) is 0 Å². The molecule has 0 fully saturated rings. The maximum atomic E-state index is 12.2. The van der Waals surface area contributed by atoms with E-state index in [0.29, 0.717) is 11.3 Å². The first-order valence-electron chi connectivity index (χ1n) is 5.67. The molecule has 0 radical (unpaired) electrons. The third-order valence-corrected chi connectivity index (χ3v) is 3.11. The van der Waals surface area contributed by atoms with Crippen LogP contribution in [0.25, 0.3) is 17.0 Å². The zero-order chi connectivity index (χ0) is 13.0. The molecule has 0 spiro atoms. The van der Waals surface area contributed by atoms with Crippen molar-refractivity contribution in [2.75, 3.05) is 0 Å². The van der Waals surface area contributed by atoms with Gasteiger partial charge in [-0.25, -0.2) is 4.98 Å².